The van der Waals surface area contributed by atoms with Gasteiger partial charge in [0.1, 0.15) is 0 Å². The van der Waals surface area contributed by atoms with E-state index in [1.54, 1.807) is 97.1 Å². The summed E-state index contributed by atoms with van der Waals surface area (Å²) in [5.74, 6) is -0.853. The largest absolute Gasteiger partial charge is 2.00 e. The van der Waals surface area contributed by atoms with Crippen LogP contribution in [0.5, 0.6) is 0 Å². The minimum absolute atomic E-state index is 0. The summed E-state index contributed by atoms with van der Waals surface area (Å²) in [6, 6.07) is 72.8. The summed E-state index contributed by atoms with van der Waals surface area (Å²) in [7, 11) is -14.1. The zero-order chi connectivity index (χ0) is 46.0. The van der Waals surface area contributed by atoms with Gasteiger partial charge in [-0.25, -0.2) is 9.03 Å². The van der Waals surface area contributed by atoms with E-state index in [-0.39, 0.29) is 61.9 Å². The van der Waals surface area contributed by atoms with Gasteiger partial charge in [0.15, 0.2) is 0 Å². The van der Waals surface area contributed by atoms with E-state index in [0.29, 0.717) is 48.9 Å². The van der Waals surface area contributed by atoms with Crippen molar-refractivity contribution in [3.8, 4) is 0 Å². The fourth-order valence-corrected chi connectivity index (χ4v) is 18.6. The van der Waals surface area contributed by atoms with Gasteiger partial charge in [0.2, 0.25) is 14.6 Å². The van der Waals surface area contributed by atoms with Crippen LogP contribution in [0.4, 0.5) is 0 Å². The molecule has 0 amide bonds. The Hall–Kier alpha value is -4.40. The molecule has 9 nitrogen and oxygen atoms in total. The summed E-state index contributed by atoms with van der Waals surface area (Å²) in [6.45, 7) is -0.0354. The van der Waals surface area contributed by atoms with Gasteiger partial charge >= 0.3 is 54.9 Å². The van der Waals surface area contributed by atoms with Gasteiger partial charge in [0.05, 0.1) is 0 Å². The molecule has 0 aromatic heterocycles. The molecule has 66 heavy (non-hydrogen) atoms. The second-order valence-corrected chi connectivity index (χ2v) is 24.6. The summed E-state index contributed by atoms with van der Waals surface area (Å²) in [6.07, 6.45) is 0.422. The zero-order valence-electron chi connectivity index (χ0n) is 36.0. The van der Waals surface area contributed by atoms with Crippen LogP contribution < -0.4 is 52.2 Å². The van der Waals surface area contributed by atoms with Gasteiger partial charge < -0.3 is 20.0 Å². The van der Waals surface area contributed by atoms with Crippen molar-refractivity contribution in [1.82, 2.24) is 0 Å². The third-order valence-electron chi connectivity index (χ3n) is 9.90. The molecule has 330 valence electrons. The van der Waals surface area contributed by atoms with Crippen LogP contribution in [0.15, 0.2) is 252 Å². The maximum absolute atomic E-state index is 14.4. The van der Waals surface area contributed by atoms with Gasteiger partial charge in [-0.15, -0.1) is 0 Å². The first kappa shape index (κ1) is 52.6. The van der Waals surface area contributed by atoms with E-state index < -0.39 is 35.1 Å². The summed E-state index contributed by atoms with van der Waals surface area (Å²) >= 11 is 0. The molecule has 0 spiro atoms. The number of carboxylic acids is 1. The van der Waals surface area contributed by atoms with Gasteiger partial charge in [-0.3, -0.25) is 13.9 Å². The number of aliphatic carboxylic acids is 1. The van der Waals surface area contributed by atoms with Crippen LogP contribution in [-0.2, 0) is 13.9 Å². The number of hydrogen-bond acceptors (Lipinski definition) is 6. The Balaban J connectivity index is 0.000000214. The zero-order valence-corrected chi connectivity index (χ0v) is 44.1. The number of carbonyl (C=O) groups is 1. The first-order chi connectivity index (χ1) is 31.5. The number of rotatable bonds is 13. The summed E-state index contributed by atoms with van der Waals surface area (Å²) in [5.41, 5.74) is 0. The van der Waals surface area contributed by atoms with Crippen LogP contribution in [0.25, 0.3) is 0 Å². The van der Waals surface area contributed by atoms with E-state index in [1.165, 1.54) is 0 Å². The molecular weight excluding hydrogens is 1030 g/mol. The standard InChI is InChI=1S/2C24H20NO2P2.C4H8O3.Ba/c2*26-28(21-13-5-1-6-14-21,22-15-7-2-8-16-22)25-29(27,23-17-9-3-10-18-23)24-19-11-4-12-20-24;5-3-1-2-4(6)7;/h2*1-20H;5H,1-3H2,(H,6,7);/q2*-1;;+2. The molecule has 8 aromatic carbocycles. The topological polar surface area (TPSA) is 163 Å². The molecule has 8 rings (SSSR count). The summed E-state index contributed by atoms with van der Waals surface area (Å²) < 4.78 is 38.3. The summed E-state index contributed by atoms with van der Waals surface area (Å²) in [4.78, 5) is 38.5. The van der Waals surface area contributed by atoms with Crippen LogP contribution in [0, 0.1) is 0 Å². The van der Waals surface area contributed by atoms with Crippen molar-refractivity contribution in [2.45, 2.75) is 12.8 Å². The van der Waals surface area contributed by atoms with E-state index in [4.69, 9.17) is 19.2 Å². The Kier molecular flexibility index (Phi) is 20.4. The molecule has 8 aromatic rings. The Morgan fingerprint density at radius 3 is 0.712 bits per heavy atom. The van der Waals surface area contributed by atoms with E-state index in [9.17, 15) is 23.7 Å². The Morgan fingerprint density at radius 1 is 0.379 bits per heavy atom. The minimum atomic E-state index is -3.51. The van der Waals surface area contributed by atoms with Crippen LogP contribution in [0.3, 0.4) is 0 Å². The maximum atomic E-state index is 14.4. The number of aliphatic hydroxyl groups is 1. The number of benzene rings is 8. The molecule has 0 atom stereocenters. The quantitative estimate of drug-likeness (QED) is 0.0891. The number of carboxylic acid groups (broad SMARTS) is 1. The second kappa shape index (κ2) is 25.7. The molecule has 0 bridgehead atoms. The van der Waals surface area contributed by atoms with E-state index in [0.717, 1.165) is 0 Å². The number of aliphatic hydroxyl groups excluding tert-OH is 1. The van der Waals surface area contributed by atoms with Gasteiger partial charge in [0.25, 0.3) is 0 Å². The fourth-order valence-electron chi connectivity index (χ4n) is 6.63. The van der Waals surface area contributed by atoms with Gasteiger partial charge in [-0.1, -0.05) is 194 Å². The van der Waals surface area contributed by atoms with Crippen molar-refractivity contribution in [2.24, 2.45) is 9.03 Å². The predicted molar refractivity (Wildman–Crippen MR) is 272 cm³/mol. The Morgan fingerprint density at radius 2 is 0.561 bits per heavy atom. The Bertz CT molecular complexity index is 2560. The monoisotopic (exact) mass is 1070 g/mol. The molecule has 0 saturated carbocycles. The van der Waals surface area contributed by atoms with Crippen molar-refractivity contribution >= 4 is 126 Å². The number of nitrogens with zero attached hydrogens (tertiary/aromatic N) is 2. The molecule has 0 heterocycles. The van der Waals surface area contributed by atoms with Crippen molar-refractivity contribution in [2.75, 3.05) is 6.61 Å². The molecular formula is C52H48BaN2O7P4. The molecule has 2 N–H and O–H groups in total. The van der Waals surface area contributed by atoms with Crippen molar-refractivity contribution in [3.63, 3.8) is 0 Å². The molecule has 0 aliphatic rings. The Labute approximate surface area is 427 Å². The third-order valence-corrected chi connectivity index (χ3v) is 21.9. The minimum Gasteiger partial charge on any atom is -0.809 e. The first-order valence-corrected chi connectivity index (χ1v) is 27.3. The fraction of sp³-hybridized carbons (Fsp3) is 0.0577. The SMILES string of the molecule is O=C(O)CCCO.O=P(N=P([O-])(c1ccccc1)c1ccccc1)(c1ccccc1)c1ccccc1.O=P(N=P([O-])(c1ccccc1)c1ccccc1)(c1ccccc1)c1ccccc1.[Ba+2]. The number of hydrogen-bond donors (Lipinski definition) is 2. The average molecular weight is 1070 g/mol. The van der Waals surface area contributed by atoms with Gasteiger partial charge in [-0.05, 0) is 90.7 Å². The van der Waals surface area contributed by atoms with Gasteiger partial charge in [0, 0.05) is 34.2 Å². The normalized spacial score (nSPS) is 11.3. The van der Waals surface area contributed by atoms with E-state index in [1.807, 2.05) is 146 Å². The van der Waals surface area contributed by atoms with Crippen molar-refractivity contribution < 1.29 is 33.9 Å². The molecule has 0 aliphatic heterocycles. The van der Waals surface area contributed by atoms with Gasteiger partial charge in [-0.2, -0.15) is 0 Å². The first-order valence-electron chi connectivity index (χ1n) is 20.7. The van der Waals surface area contributed by atoms with E-state index in [2.05, 4.69) is 0 Å². The average Bonchev–Trinajstić information content (AvgIpc) is 3.38. The second-order valence-electron chi connectivity index (χ2n) is 14.4. The predicted octanol–water partition coefficient (Wildman–Crippen LogP) is 7.55. The molecule has 0 saturated heterocycles. The maximum Gasteiger partial charge on any atom is 2.00 e. The van der Waals surface area contributed by atoms with Crippen LogP contribution in [0.2, 0.25) is 0 Å². The van der Waals surface area contributed by atoms with Crippen LogP contribution in [0.1, 0.15) is 12.8 Å². The smallest absolute Gasteiger partial charge is 0.809 e. The van der Waals surface area contributed by atoms with Crippen molar-refractivity contribution in [1.29, 1.82) is 0 Å². The van der Waals surface area contributed by atoms with Crippen LogP contribution >= 0.6 is 29.1 Å². The molecule has 0 fully saturated rings. The molecule has 14 heteroatoms. The third kappa shape index (κ3) is 13.4. The van der Waals surface area contributed by atoms with E-state index >= 15 is 0 Å². The van der Waals surface area contributed by atoms with Crippen molar-refractivity contribution in [3.05, 3.63) is 243 Å². The summed E-state index contributed by atoms with van der Waals surface area (Å²) in [5, 5.41) is 20.5. The molecule has 0 radical (unpaired) electrons. The molecule has 0 aliphatic carbocycles. The molecule has 0 unspecified atom stereocenters. The van der Waals surface area contributed by atoms with Crippen LogP contribution in [-0.4, -0.2) is 71.7 Å².